The van der Waals surface area contributed by atoms with Crippen LogP contribution in [0.2, 0.25) is 0 Å². The van der Waals surface area contributed by atoms with E-state index in [0.717, 1.165) is 38.9 Å². The van der Waals surface area contributed by atoms with E-state index in [9.17, 15) is 9.90 Å². The molecule has 1 aliphatic heterocycles. The molecular formula is C25H30N2O2. The summed E-state index contributed by atoms with van der Waals surface area (Å²) in [4.78, 5) is 14.1. The van der Waals surface area contributed by atoms with E-state index < -0.39 is 5.60 Å². The van der Waals surface area contributed by atoms with Gasteiger partial charge in [-0.3, -0.25) is 9.69 Å². The molecule has 2 fully saturated rings. The van der Waals surface area contributed by atoms with Crippen LogP contribution in [0, 0.1) is 11.8 Å². The first-order chi connectivity index (χ1) is 14.0. The van der Waals surface area contributed by atoms with Gasteiger partial charge in [0, 0.05) is 31.6 Å². The molecule has 152 valence electrons. The number of β-amino-alcohol motifs (C(OH)–C–C–N with tert-alkyl or cyclic N) is 1. The predicted molar refractivity (Wildman–Crippen MR) is 114 cm³/mol. The summed E-state index contributed by atoms with van der Waals surface area (Å²) < 4.78 is 0. The average molecular weight is 391 g/mol. The Bertz CT molecular complexity index is 913. The number of primary amides is 1. The van der Waals surface area contributed by atoms with Crippen LogP contribution >= 0.6 is 0 Å². The number of benzene rings is 2. The zero-order valence-electron chi connectivity index (χ0n) is 16.9. The lowest BCUT2D eigenvalue weighted by atomic mass is 9.77. The monoisotopic (exact) mass is 390 g/mol. The van der Waals surface area contributed by atoms with Crippen molar-refractivity contribution in [2.45, 2.75) is 43.6 Å². The van der Waals surface area contributed by atoms with Crippen molar-refractivity contribution < 1.29 is 9.90 Å². The number of carbonyl (C=O) groups excluding carboxylic acids is 1. The van der Waals surface area contributed by atoms with E-state index in [4.69, 9.17) is 5.73 Å². The summed E-state index contributed by atoms with van der Waals surface area (Å²) in [5, 5.41) is 11.4. The molecule has 0 aromatic heterocycles. The quantitative estimate of drug-likeness (QED) is 0.843. The molecule has 2 aromatic rings. The second kappa shape index (κ2) is 7.26. The molecule has 29 heavy (non-hydrogen) atoms. The van der Waals surface area contributed by atoms with Crippen LogP contribution < -0.4 is 5.73 Å². The third kappa shape index (κ3) is 3.60. The zero-order chi connectivity index (χ0) is 20.0. The number of aliphatic hydroxyl groups is 1. The highest BCUT2D eigenvalue weighted by atomic mass is 16.3. The van der Waals surface area contributed by atoms with E-state index in [2.05, 4.69) is 35.2 Å². The van der Waals surface area contributed by atoms with Crippen LogP contribution in [0.25, 0.3) is 0 Å². The van der Waals surface area contributed by atoms with Crippen molar-refractivity contribution in [1.82, 2.24) is 4.90 Å². The Balaban J connectivity index is 1.29. The summed E-state index contributed by atoms with van der Waals surface area (Å²) in [7, 11) is 0. The van der Waals surface area contributed by atoms with Crippen molar-refractivity contribution in [3.63, 3.8) is 0 Å². The Morgan fingerprint density at radius 3 is 2.52 bits per heavy atom. The number of nitrogens with zero attached hydrogens (tertiary/aromatic N) is 1. The number of likely N-dealkylation sites (tertiary alicyclic amines) is 1. The molecule has 3 aliphatic rings. The average Bonchev–Trinajstić information content (AvgIpc) is 2.98. The summed E-state index contributed by atoms with van der Waals surface area (Å²) in [5.74, 6) is 1.34. The molecule has 3 N–H and O–H groups in total. The Hall–Kier alpha value is -2.17. The number of hydrogen-bond acceptors (Lipinski definition) is 3. The van der Waals surface area contributed by atoms with Gasteiger partial charge in [0.15, 0.2) is 0 Å². The van der Waals surface area contributed by atoms with Gasteiger partial charge in [0.1, 0.15) is 0 Å². The van der Waals surface area contributed by atoms with Crippen LogP contribution in [0.3, 0.4) is 0 Å². The van der Waals surface area contributed by atoms with E-state index in [1.54, 1.807) is 6.07 Å². The Kier molecular flexibility index (Phi) is 4.72. The molecule has 1 saturated heterocycles. The Morgan fingerprint density at radius 2 is 1.79 bits per heavy atom. The van der Waals surface area contributed by atoms with Gasteiger partial charge in [0.25, 0.3) is 0 Å². The fourth-order valence-corrected chi connectivity index (χ4v) is 6.23. The van der Waals surface area contributed by atoms with Gasteiger partial charge < -0.3 is 10.8 Å². The van der Waals surface area contributed by atoms with Crippen molar-refractivity contribution in [1.29, 1.82) is 0 Å². The molecule has 3 atom stereocenters. The first kappa shape index (κ1) is 18.8. The first-order valence-electron chi connectivity index (χ1n) is 10.9. The molecule has 2 bridgehead atoms. The van der Waals surface area contributed by atoms with Crippen LogP contribution in [0.4, 0.5) is 0 Å². The summed E-state index contributed by atoms with van der Waals surface area (Å²) in [6, 6.07) is 16.5. The van der Waals surface area contributed by atoms with E-state index in [1.165, 1.54) is 29.5 Å². The summed E-state index contributed by atoms with van der Waals surface area (Å²) >= 11 is 0. The number of hydrogen-bond donors (Lipinski definition) is 2. The number of rotatable bonds is 4. The number of carbonyl (C=O) groups is 1. The van der Waals surface area contributed by atoms with Gasteiger partial charge in [-0.15, -0.1) is 0 Å². The first-order valence-corrected chi connectivity index (χ1v) is 10.9. The molecule has 0 radical (unpaired) electrons. The van der Waals surface area contributed by atoms with E-state index >= 15 is 0 Å². The van der Waals surface area contributed by atoms with Crippen LogP contribution in [0.15, 0.2) is 48.5 Å². The summed E-state index contributed by atoms with van der Waals surface area (Å²) in [5.41, 5.74) is 9.45. The van der Waals surface area contributed by atoms with E-state index in [0.29, 0.717) is 23.3 Å². The Morgan fingerprint density at radius 1 is 1.07 bits per heavy atom. The molecule has 1 amide bonds. The largest absolute Gasteiger partial charge is 0.388 e. The highest BCUT2D eigenvalue weighted by Gasteiger charge is 2.44. The second-order valence-corrected chi connectivity index (χ2v) is 9.48. The van der Waals surface area contributed by atoms with E-state index in [-0.39, 0.29) is 5.91 Å². The topological polar surface area (TPSA) is 66.6 Å². The van der Waals surface area contributed by atoms with Gasteiger partial charge in [0.05, 0.1) is 5.60 Å². The van der Waals surface area contributed by atoms with Crippen LogP contribution in [-0.2, 0) is 12.8 Å². The lowest BCUT2D eigenvalue weighted by Gasteiger charge is -2.43. The normalized spacial score (nSPS) is 31.4. The number of fused-ring (bicyclic) bond motifs is 3. The molecule has 4 nitrogen and oxygen atoms in total. The van der Waals surface area contributed by atoms with Crippen LogP contribution in [0.5, 0.6) is 0 Å². The molecule has 1 saturated carbocycles. The van der Waals surface area contributed by atoms with E-state index in [1.807, 2.05) is 12.1 Å². The lowest BCUT2D eigenvalue weighted by Crippen LogP contribution is -2.51. The Labute approximate surface area is 172 Å². The number of piperidine rings is 1. The van der Waals surface area contributed by atoms with Gasteiger partial charge >= 0.3 is 0 Å². The fourth-order valence-electron chi connectivity index (χ4n) is 6.23. The maximum atomic E-state index is 11.6. The molecule has 2 aliphatic carbocycles. The van der Waals surface area contributed by atoms with Gasteiger partial charge in [-0.1, -0.05) is 36.4 Å². The molecular weight excluding hydrogens is 360 g/mol. The third-order valence-corrected chi connectivity index (χ3v) is 7.48. The predicted octanol–water partition coefficient (Wildman–Crippen LogP) is 3.13. The van der Waals surface area contributed by atoms with Gasteiger partial charge in [-0.05, 0) is 72.3 Å². The smallest absolute Gasteiger partial charge is 0.248 e. The molecule has 1 heterocycles. The number of amides is 1. The zero-order valence-corrected chi connectivity index (χ0v) is 16.9. The maximum Gasteiger partial charge on any atom is 0.248 e. The minimum absolute atomic E-state index is 0.351. The molecule has 4 heteroatoms. The second-order valence-electron chi connectivity index (χ2n) is 9.48. The fraction of sp³-hybridized carbons (Fsp3) is 0.480. The van der Waals surface area contributed by atoms with Crippen molar-refractivity contribution in [2.75, 3.05) is 19.6 Å². The molecule has 2 aromatic carbocycles. The van der Waals surface area contributed by atoms with Gasteiger partial charge in [-0.2, -0.15) is 0 Å². The maximum absolute atomic E-state index is 11.6. The SMILES string of the molecule is NC(=O)c1cccc(C2C3CCC2CN(CC2(O)CCc4ccccc4C2)C3)c1. The van der Waals surface area contributed by atoms with Crippen molar-refractivity contribution in [2.24, 2.45) is 17.6 Å². The van der Waals surface area contributed by atoms with Crippen LogP contribution in [-0.4, -0.2) is 41.1 Å². The minimum atomic E-state index is -0.619. The van der Waals surface area contributed by atoms with Crippen molar-refractivity contribution >= 4 is 5.91 Å². The molecule has 5 rings (SSSR count). The third-order valence-electron chi connectivity index (χ3n) is 7.48. The highest BCUT2D eigenvalue weighted by Crippen LogP contribution is 2.48. The highest BCUT2D eigenvalue weighted by molar-refractivity contribution is 5.92. The van der Waals surface area contributed by atoms with Crippen molar-refractivity contribution in [3.05, 3.63) is 70.8 Å². The minimum Gasteiger partial charge on any atom is -0.388 e. The summed E-state index contributed by atoms with van der Waals surface area (Å²) in [6.07, 6.45) is 5.04. The van der Waals surface area contributed by atoms with Gasteiger partial charge in [0.2, 0.25) is 5.91 Å². The van der Waals surface area contributed by atoms with Gasteiger partial charge in [-0.25, -0.2) is 0 Å². The molecule has 3 unspecified atom stereocenters. The van der Waals surface area contributed by atoms with Crippen LogP contribution in [0.1, 0.15) is 52.2 Å². The van der Waals surface area contributed by atoms with Crippen molar-refractivity contribution in [3.8, 4) is 0 Å². The standard InChI is InChI=1S/C25H30N2O2/c26-24(28)19-7-3-6-18(12-19)23-21-8-9-22(23)15-27(14-21)16-25(29)11-10-17-4-1-2-5-20(17)13-25/h1-7,12,21-23,29H,8-11,13-16H2,(H2,26,28). The number of aryl methyl sites for hydroxylation is 1. The lowest BCUT2D eigenvalue weighted by molar-refractivity contribution is -0.0219. The summed E-state index contributed by atoms with van der Waals surface area (Å²) in [6.45, 7) is 2.83. The molecule has 0 spiro atoms. The number of nitrogens with two attached hydrogens (primary N) is 1.